The van der Waals surface area contributed by atoms with Gasteiger partial charge < -0.3 is 10.6 Å². The first-order chi connectivity index (χ1) is 14.0. The topological polar surface area (TPSA) is 84.0 Å². The maximum absolute atomic E-state index is 12.6. The zero-order valence-corrected chi connectivity index (χ0v) is 17.9. The summed E-state index contributed by atoms with van der Waals surface area (Å²) in [5.41, 5.74) is 4.28. The molecule has 0 bridgehead atoms. The molecule has 1 aromatic heterocycles. The number of aryl methyl sites for hydroxylation is 2. The molecule has 29 heavy (non-hydrogen) atoms. The Labute approximate surface area is 181 Å². The highest BCUT2D eigenvalue weighted by Crippen LogP contribution is 2.30. The Balaban J connectivity index is 1.36. The molecule has 4 rings (SSSR count). The van der Waals surface area contributed by atoms with Crippen LogP contribution in [-0.2, 0) is 11.2 Å². The van der Waals surface area contributed by atoms with Crippen LogP contribution in [0.5, 0.6) is 0 Å². The van der Waals surface area contributed by atoms with Gasteiger partial charge in [-0.3, -0.25) is 9.59 Å². The predicted molar refractivity (Wildman–Crippen MR) is 118 cm³/mol. The third-order valence-electron chi connectivity index (χ3n) is 4.48. The Morgan fingerprint density at radius 1 is 1.24 bits per heavy atom. The van der Waals surface area contributed by atoms with Crippen molar-refractivity contribution in [1.82, 2.24) is 10.2 Å². The number of benzene rings is 2. The Hall–Kier alpha value is -2.42. The zero-order chi connectivity index (χ0) is 20.4. The van der Waals surface area contributed by atoms with Crippen molar-refractivity contribution in [3.05, 3.63) is 58.1 Å². The molecule has 0 spiro atoms. The number of hydrogen-bond donors (Lipinski definition) is 2. The van der Waals surface area contributed by atoms with Gasteiger partial charge in [-0.1, -0.05) is 40.8 Å². The van der Waals surface area contributed by atoms with Crippen molar-refractivity contribution in [3.8, 4) is 0 Å². The second kappa shape index (κ2) is 8.52. The molecular weight excluding hydrogens is 428 g/mol. The summed E-state index contributed by atoms with van der Waals surface area (Å²) in [5.74, 6) is 0.307. The number of fused-ring (bicyclic) bond motifs is 1. The molecule has 0 aliphatic carbocycles. The van der Waals surface area contributed by atoms with Gasteiger partial charge in [0.15, 0.2) is 10.1 Å². The second-order valence-electron chi connectivity index (χ2n) is 6.59. The standard InChI is InChI=1S/C20H17ClN4O2S2/c1-11-2-5-14(9-15(11)21)22-19-24-25-20(29-19)28-10-17(26)13-3-6-16-12(8-13)4-7-18(27)23-16/h2-3,5-6,8-9H,4,7,10H2,1H3,(H,22,24)(H,23,27). The van der Waals surface area contributed by atoms with Crippen molar-refractivity contribution in [2.24, 2.45) is 0 Å². The number of rotatable bonds is 6. The van der Waals surface area contributed by atoms with Gasteiger partial charge in [-0.25, -0.2) is 0 Å². The summed E-state index contributed by atoms with van der Waals surface area (Å²) in [4.78, 5) is 24.0. The number of nitrogens with zero attached hydrogens (tertiary/aromatic N) is 2. The molecule has 0 radical (unpaired) electrons. The number of carbonyl (C=O) groups excluding carboxylic acids is 2. The monoisotopic (exact) mass is 444 g/mol. The van der Waals surface area contributed by atoms with E-state index in [1.165, 1.54) is 23.1 Å². The molecule has 9 heteroatoms. The van der Waals surface area contributed by atoms with E-state index in [1.807, 2.05) is 31.2 Å². The average Bonchev–Trinajstić information content (AvgIpc) is 3.16. The Bertz CT molecular complexity index is 1100. The Kier molecular flexibility index (Phi) is 5.84. The highest BCUT2D eigenvalue weighted by Gasteiger charge is 2.17. The molecule has 2 aromatic carbocycles. The van der Waals surface area contributed by atoms with Crippen LogP contribution < -0.4 is 10.6 Å². The molecule has 1 aliphatic heterocycles. The lowest BCUT2D eigenvalue weighted by atomic mass is 9.99. The summed E-state index contributed by atoms with van der Waals surface area (Å²) >= 11 is 8.89. The SMILES string of the molecule is Cc1ccc(Nc2nnc(SCC(=O)c3ccc4c(c3)CCC(=O)N4)s2)cc1Cl. The lowest BCUT2D eigenvalue weighted by Crippen LogP contribution is -2.19. The molecular formula is C20H17ClN4O2S2. The van der Waals surface area contributed by atoms with Crippen LogP contribution in [0.1, 0.15) is 27.9 Å². The first kappa shape index (κ1) is 19.9. The van der Waals surface area contributed by atoms with E-state index in [1.54, 1.807) is 12.1 Å². The van der Waals surface area contributed by atoms with Gasteiger partial charge >= 0.3 is 0 Å². The summed E-state index contributed by atoms with van der Waals surface area (Å²) < 4.78 is 0.712. The number of carbonyl (C=O) groups is 2. The molecule has 6 nitrogen and oxygen atoms in total. The number of aromatic nitrogens is 2. The summed E-state index contributed by atoms with van der Waals surface area (Å²) in [7, 11) is 0. The molecule has 3 aromatic rings. The number of Topliss-reactive ketones (excluding diaryl/α,β-unsaturated/α-hetero) is 1. The highest BCUT2D eigenvalue weighted by atomic mass is 35.5. The molecule has 1 amide bonds. The molecule has 0 saturated heterocycles. The first-order valence-corrected chi connectivity index (χ1v) is 11.1. The van der Waals surface area contributed by atoms with Crippen molar-refractivity contribution in [1.29, 1.82) is 0 Å². The van der Waals surface area contributed by atoms with Gasteiger partial charge in [-0.2, -0.15) is 0 Å². The molecule has 1 aliphatic rings. The fourth-order valence-corrected chi connectivity index (χ4v) is 4.73. The molecule has 2 N–H and O–H groups in total. The van der Waals surface area contributed by atoms with Crippen molar-refractivity contribution < 1.29 is 9.59 Å². The van der Waals surface area contributed by atoms with Crippen molar-refractivity contribution in [3.63, 3.8) is 0 Å². The lowest BCUT2D eigenvalue weighted by Gasteiger charge is -2.17. The number of anilines is 3. The number of ketones is 1. The number of nitrogens with one attached hydrogen (secondary N) is 2. The molecule has 0 saturated carbocycles. The van der Waals surface area contributed by atoms with E-state index in [2.05, 4.69) is 20.8 Å². The van der Waals surface area contributed by atoms with Crippen LogP contribution in [-0.4, -0.2) is 27.6 Å². The maximum atomic E-state index is 12.6. The normalized spacial score (nSPS) is 13.0. The van der Waals surface area contributed by atoms with Crippen molar-refractivity contribution in [2.75, 3.05) is 16.4 Å². The minimum absolute atomic E-state index is 0.0146. The smallest absolute Gasteiger partial charge is 0.224 e. The van der Waals surface area contributed by atoms with E-state index in [4.69, 9.17) is 11.6 Å². The third kappa shape index (κ3) is 4.77. The van der Waals surface area contributed by atoms with Crippen molar-refractivity contribution in [2.45, 2.75) is 24.1 Å². The molecule has 0 fully saturated rings. The highest BCUT2D eigenvalue weighted by molar-refractivity contribution is 8.01. The van der Waals surface area contributed by atoms with E-state index in [0.717, 1.165) is 22.5 Å². The Morgan fingerprint density at radius 2 is 2.10 bits per heavy atom. The lowest BCUT2D eigenvalue weighted by molar-refractivity contribution is -0.116. The van der Waals surface area contributed by atoms with Crippen LogP contribution in [0.15, 0.2) is 40.7 Å². The number of halogens is 1. The fraction of sp³-hybridized carbons (Fsp3) is 0.200. The van der Waals surface area contributed by atoms with Crippen LogP contribution >= 0.6 is 34.7 Å². The zero-order valence-electron chi connectivity index (χ0n) is 15.5. The quantitative estimate of drug-likeness (QED) is 0.406. The minimum atomic E-state index is 0.0146. The van der Waals surface area contributed by atoms with Crippen LogP contribution in [0.25, 0.3) is 0 Å². The van der Waals surface area contributed by atoms with Gasteiger partial charge in [0.2, 0.25) is 11.0 Å². The molecule has 148 valence electrons. The van der Waals surface area contributed by atoms with Crippen molar-refractivity contribution >= 4 is 62.9 Å². The van der Waals surface area contributed by atoms with E-state index in [9.17, 15) is 9.59 Å². The van der Waals surface area contributed by atoms with Crippen LogP contribution in [0, 0.1) is 6.92 Å². The molecule has 0 atom stereocenters. The van der Waals surface area contributed by atoms with Gasteiger partial charge in [-0.05, 0) is 54.8 Å². The van der Waals surface area contributed by atoms with E-state index >= 15 is 0 Å². The summed E-state index contributed by atoms with van der Waals surface area (Å²) in [5, 5.41) is 15.6. The summed E-state index contributed by atoms with van der Waals surface area (Å²) in [6.45, 7) is 1.95. The summed E-state index contributed by atoms with van der Waals surface area (Å²) in [6, 6.07) is 11.1. The van der Waals surface area contributed by atoms with Gasteiger partial charge in [-0.15, -0.1) is 10.2 Å². The number of amides is 1. The van der Waals surface area contributed by atoms with Crippen LogP contribution in [0.3, 0.4) is 0 Å². The van der Waals surface area contributed by atoms with E-state index in [-0.39, 0.29) is 17.4 Å². The van der Waals surface area contributed by atoms with Gasteiger partial charge in [0.05, 0.1) is 5.75 Å². The Morgan fingerprint density at radius 3 is 2.93 bits per heavy atom. The average molecular weight is 445 g/mol. The molecule has 0 unspecified atom stereocenters. The number of thioether (sulfide) groups is 1. The van der Waals surface area contributed by atoms with E-state index < -0.39 is 0 Å². The van der Waals surface area contributed by atoms with E-state index in [0.29, 0.717) is 32.9 Å². The van der Waals surface area contributed by atoms with Gasteiger partial charge in [0, 0.05) is 28.4 Å². The number of hydrogen-bond acceptors (Lipinski definition) is 7. The maximum Gasteiger partial charge on any atom is 0.224 e. The molecule has 2 heterocycles. The van der Waals surface area contributed by atoms with Gasteiger partial charge in [0.25, 0.3) is 0 Å². The van der Waals surface area contributed by atoms with Gasteiger partial charge in [0.1, 0.15) is 0 Å². The minimum Gasteiger partial charge on any atom is -0.330 e. The fourth-order valence-electron chi connectivity index (χ4n) is 2.88. The summed E-state index contributed by atoms with van der Waals surface area (Å²) in [6.07, 6.45) is 1.11. The van der Waals surface area contributed by atoms with Crippen LogP contribution in [0.4, 0.5) is 16.5 Å². The first-order valence-electron chi connectivity index (χ1n) is 8.93. The largest absolute Gasteiger partial charge is 0.330 e. The third-order valence-corrected chi connectivity index (χ3v) is 6.86. The van der Waals surface area contributed by atoms with Crippen LogP contribution in [0.2, 0.25) is 5.02 Å². The second-order valence-corrected chi connectivity index (χ2v) is 9.20. The predicted octanol–water partition coefficient (Wildman–Crippen LogP) is 5.10.